The van der Waals surface area contributed by atoms with Gasteiger partial charge >= 0.3 is 5.97 Å². The molecule has 0 aliphatic carbocycles. The molecule has 0 bridgehead atoms. The quantitative estimate of drug-likeness (QED) is 0.785. The topological polar surface area (TPSA) is 53.4 Å². The third kappa shape index (κ3) is 3.67. The Morgan fingerprint density at radius 2 is 2.33 bits per heavy atom. The molecule has 1 heterocycles. The monoisotopic (exact) mass is 208 g/mol. The largest absolute Gasteiger partial charge is 0.480 e. The van der Waals surface area contributed by atoms with Crippen molar-refractivity contribution in [1.82, 2.24) is 9.88 Å². The summed E-state index contributed by atoms with van der Waals surface area (Å²) >= 11 is 0. The lowest BCUT2D eigenvalue weighted by Crippen LogP contribution is -2.35. The van der Waals surface area contributed by atoms with Crippen molar-refractivity contribution in [3.63, 3.8) is 0 Å². The molecular formula is C11H16N2O2. The SMILES string of the molecule is CN(C)C(CCc1cccnc1)C(=O)O. The van der Waals surface area contributed by atoms with E-state index in [2.05, 4.69) is 4.98 Å². The average Bonchev–Trinajstić information content (AvgIpc) is 2.18. The van der Waals surface area contributed by atoms with Crippen molar-refractivity contribution in [2.75, 3.05) is 14.1 Å². The van der Waals surface area contributed by atoms with Crippen LogP contribution in [-0.4, -0.2) is 41.1 Å². The van der Waals surface area contributed by atoms with Gasteiger partial charge in [-0.15, -0.1) is 0 Å². The number of carboxylic acid groups (broad SMARTS) is 1. The number of aliphatic carboxylic acids is 1. The average molecular weight is 208 g/mol. The molecule has 1 N–H and O–H groups in total. The van der Waals surface area contributed by atoms with Gasteiger partial charge in [-0.2, -0.15) is 0 Å². The van der Waals surface area contributed by atoms with Crippen molar-refractivity contribution in [2.45, 2.75) is 18.9 Å². The Morgan fingerprint density at radius 3 is 2.80 bits per heavy atom. The molecular weight excluding hydrogens is 192 g/mol. The Balaban J connectivity index is 2.51. The molecule has 0 aliphatic rings. The molecule has 0 aliphatic heterocycles. The third-order valence-corrected chi connectivity index (χ3v) is 2.34. The van der Waals surface area contributed by atoms with Crippen molar-refractivity contribution in [2.24, 2.45) is 0 Å². The predicted octanol–water partition coefficient (Wildman–Crippen LogP) is 1.03. The van der Waals surface area contributed by atoms with Crippen LogP contribution in [0.25, 0.3) is 0 Å². The van der Waals surface area contributed by atoms with E-state index in [1.54, 1.807) is 31.4 Å². The van der Waals surface area contributed by atoms with Crippen LogP contribution in [0.1, 0.15) is 12.0 Å². The third-order valence-electron chi connectivity index (χ3n) is 2.34. The maximum absolute atomic E-state index is 10.9. The molecule has 0 amide bonds. The lowest BCUT2D eigenvalue weighted by molar-refractivity contribution is -0.142. The Kier molecular flexibility index (Phi) is 4.24. The molecule has 0 aromatic carbocycles. The smallest absolute Gasteiger partial charge is 0.320 e. The number of carboxylic acids is 1. The summed E-state index contributed by atoms with van der Waals surface area (Å²) in [6.07, 6.45) is 4.83. The molecule has 1 aromatic heterocycles. The van der Waals surface area contributed by atoms with Crippen LogP contribution >= 0.6 is 0 Å². The van der Waals surface area contributed by atoms with E-state index in [0.717, 1.165) is 12.0 Å². The minimum atomic E-state index is -0.774. The molecule has 1 atom stereocenters. The summed E-state index contributed by atoms with van der Waals surface area (Å²) in [4.78, 5) is 16.6. The Bertz CT molecular complexity index is 312. The van der Waals surface area contributed by atoms with Gasteiger partial charge < -0.3 is 5.11 Å². The molecule has 0 saturated heterocycles. The van der Waals surface area contributed by atoms with E-state index < -0.39 is 12.0 Å². The van der Waals surface area contributed by atoms with E-state index in [0.29, 0.717) is 6.42 Å². The lowest BCUT2D eigenvalue weighted by atomic mass is 10.1. The minimum Gasteiger partial charge on any atom is -0.480 e. The summed E-state index contributed by atoms with van der Waals surface area (Å²) in [6, 6.07) is 3.40. The second-order valence-corrected chi connectivity index (χ2v) is 3.72. The van der Waals surface area contributed by atoms with Gasteiger partial charge in [0.05, 0.1) is 0 Å². The summed E-state index contributed by atoms with van der Waals surface area (Å²) in [6.45, 7) is 0. The normalized spacial score (nSPS) is 12.7. The summed E-state index contributed by atoms with van der Waals surface area (Å²) < 4.78 is 0. The zero-order valence-corrected chi connectivity index (χ0v) is 9.05. The first-order valence-electron chi connectivity index (χ1n) is 4.89. The second kappa shape index (κ2) is 5.46. The minimum absolute atomic E-state index is 0.426. The summed E-state index contributed by atoms with van der Waals surface area (Å²) in [5.41, 5.74) is 1.07. The van der Waals surface area contributed by atoms with Crippen LogP contribution in [0.3, 0.4) is 0 Å². The van der Waals surface area contributed by atoms with Gasteiger partial charge in [-0.25, -0.2) is 0 Å². The number of nitrogens with zero attached hydrogens (tertiary/aromatic N) is 2. The van der Waals surface area contributed by atoms with Gasteiger partial charge in [-0.3, -0.25) is 14.7 Å². The van der Waals surface area contributed by atoms with Gasteiger partial charge in [0.15, 0.2) is 0 Å². The molecule has 0 spiro atoms. The molecule has 1 rings (SSSR count). The van der Waals surface area contributed by atoms with Crippen molar-refractivity contribution < 1.29 is 9.90 Å². The highest BCUT2D eigenvalue weighted by Gasteiger charge is 2.18. The Hall–Kier alpha value is -1.42. The number of aromatic nitrogens is 1. The molecule has 0 fully saturated rings. The first kappa shape index (κ1) is 11.7. The zero-order valence-electron chi connectivity index (χ0n) is 9.05. The highest BCUT2D eigenvalue weighted by molar-refractivity contribution is 5.73. The van der Waals surface area contributed by atoms with E-state index in [1.807, 2.05) is 12.1 Å². The van der Waals surface area contributed by atoms with Crippen LogP contribution in [-0.2, 0) is 11.2 Å². The fourth-order valence-corrected chi connectivity index (χ4v) is 1.45. The number of likely N-dealkylation sites (N-methyl/N-ethyl adjacent to an activating group) is 1. The van der Waals surface area contributed by atoms with Crippen molar-refractivity contribution in [3.05, 3.63) is 30.1 Å². The number of carbonyl (C=O) groups is 1. The molecule has 1 unspecified atom stereocenters. The van der Waals surface area contributed by atoms with Gasteiger partial charge in [-0.05, 0) is 38.6 Å². The van der Waals surface area contributed by atoms with Crippen molar-refractivity contribution >= 4 is 5.97 Å². The number of pyridine rings is 1. The highest BCUT2D eigenvalue weighted by atomic mass is 16.4. The number of rotatable bonds is 5. The van der Waals surface area contributed by atoms with Gasteiger partial charge in [0.1, 0.15) is 6.04 Å². The molecule has 15 heavy (non-hydrogen) atoms. The van der Waals surface area contributed by atoms with Crippen LogP contribution in [0.2, 0.25) is 0 Å². The van der Waals surface area contributed by atoms with E-state index in [1.165, 1.54) is 0 Å². The summed E-state index contributed by atoms with van der Waals surface area (Å²) in [7, 11) is 3.56. The van der Waals surface area contributed by atoms with Crippen LogP contribution in [0.4, 0.5) is 0 Å². The van der Waals surface area contributed by atoms with E-state index in [-0.39, 0.29) is 0 Å². The molecule has 0 saturated carbocycles. The van der Waals surface area contributed by atoms with Crippen molar-refractivity contribution in [1.29, 1.82) is 0 Å². The summed E-state index contributed by atoms with van der Waals surface area (Å²) in [5.74, 6) is -0.774. The molecule has 4 nitrogen and oxygen atoms in total. The number of hydrogen-bond donors (Lipinski definition) is 1. The maximum Gasteiger partial charge on any atom is 0.320 e. The van der Waals surface area contributed by atoms with Gasteiger partial charge in [0, 0.05) is 12.4 Å². The van der Waals surface area contributed by atoms with Crippen LogP contribution < -0.4 is 0 Å². The van der Waals surface area contributed by atoms with Crippen LogP contribution in [0.5, 0.6) is 0 Å². The van der Waals surface area contributed by atoms with Crippen LogP contribution in [0, 0.1) is 0 Å². The molecule has 4 heteroatoms. The second-order valence-electron chi connectivity index (χ2n) is 3.72. The van der Waals surface area contributed by atoms with E-state index in [4.69, 9.17) is 5.11 Å². The number of aryl methyl sites for hydroxylation is 1. The van der Waals surface area contributed by atoms with Crippen LogP contribution in [0.15, 0.2) is 24.5 Å². The van der Waals surface area contributed by atoms with Crippen molar-refractivity contribution in [3.8, 4) is 0 Å². The van der Waals surface area contributed by atoms with E-state index in [9.17, 15) is 4.79 Å². The number of hydrogen-bond acceptors (Lipinski definition) is 3. The molecule has 82 valence electrons. The fraction of sp³-hybridized carbons (Fsp3) is 0.455. The fourth-order valence-electron chi connectivity index (χ4n) is 1.45. The first-order valence-corrected chi connectivity index (χ1v) is 4.89. The Morgan fingerprint density at radius 1 is 1.60 bits per heavy atom. The molecule has 0 radical (unpaired) electrons. The lowest BCUT2D eigenvalue weighted by Gasteiger charge is -2.19. The Labute approximate surface area is 89.6 Å². The van der Waals surface area contributed by atoms with E-state index >= 15 is 0 Å². The first-order chi connectivity index (χ1) is 7.11. The molecule has 1 aromatic rings. The van der Waals surface area contributed by atoms with Gasteiger partial charge in [0.25, 0.3) is 0 Å². The predicted molar refractivity (Wildman–Crippen MR) is 57.7 cm³/mol. The van der Waals surface area contributed by atoms with Gasteiger partial charge in [-0.1, -0.05) is 6.07 Å². The van der Waals surface area contributed by atoms with Gasteiger partial charge in [0.2, 0.25) is 0 Å². The summed E-state index contributed by atoms with van der Waals surface area (Å²) in [5, 5.41) is 8.96. The zero-order chi connectivity index (χ0) is 11.3. The maximum atomic E-state index is 10.9. The standard InChI is InChI=1S/C11H16N2O2/c1-13(2)10(11(14)15)6-5-9-4-3-7-12-8-9/h3-4,7-8,10H,5-6H2,1-2H3,(H,14,15). The highest BCUT2D eigenvalue weighted by Crippen LogP contribution is 2.07.